The fourth-order valence-electron chi connectivity index (χ4n) is 2.91. The molecule has 18 heavy (non-hydrogen) atoms. The van der Waals surface area contributed by atoms with Gasteiger partial charge in [-0.2, -0.15) is 0 Å². The molecule has 0 aliphatic heterocycles. The van der Waals surface area contributed by atoms with Gasteiger partial charge in [0.2, 0.25) is 0 Å². The minimum Gasteiger partial charge on any atom is -0.310 e. The maximum atomic E-state index is 5.77. The van der Waals surface area contributed by atoms with Gasteiger partial charge in [-0.25, -0.2) is 0 Å². The molecule has 98 valence electrons. The number of hydrogen-bond acceptors (Lipinski definition) is 2. The van der Waals surface area contributed by atoms with Crippen LogP contribution in [0.15, 0.2) is 24.3 Å². The molecule has 0 unspecified atom stereocenters. The van der Waals surface area contributed by atoms with Gasteiger partial charge < -0.3 is 5.32 Å². The first-order valence-electron chi connectivity index (χ1n) is 7.04. The Balaban J connectivity index is 2.22. The van der Waals surface area contributed by atoms with Gasteiger partial charge in [-0.1, -0.05) is 62.7 Å². The van der Waals surface area contributed by atoms with Crippen molar-refractivity contribution in [2.24, 2.45) is 0 Å². The summed E-state index contributed by atoms with van der Waals surface area (Å²) < 4.78 is 0. The van der Waals surface area contributed by atoms with Crippen molar-refractivity contribution in [1.82, 2.24) is 5.32 Å². The average Bonchev–Trinajstić information content (AvgIpc) is 2.47. The molecule has 1 aromatic carbocycles. The Labute approximate surface area is 116 Å². The molecular weight excluding hydrogens is 238 g/mol. The monoisotopic (exact) mass is 261 g/mol. The second-order valence-corrected chi connectivity index (χ2v) is 5.68. The van der Waals surface area contributed by atoms with Crippen LogP contribution in [0.2, 0.25) is 0 Å². The number of nitrogens with one attached hydrogen (secondary N) is 1. The second kappa shape index (κ2) is 5.94. The normalized spacial score (nSPS) is 18.6. The lowest BCUT2D eigenvalue weighted by molar-refractivity contribution is 0.334. The molecule has 0 saturated heterocycles. The van der Waals surface area contributed by atoms with Crippen LogP contribution in [0, 0.1) is 0 Å². The van der Waals surface area contributed by atoms with E-state index in [1.807, 2.05) is 0 Å². The van der Waals surface area contributed by atoms with Crippen molar-refractivity contribution in [3.8, 4) is 0 Å². The Morgan fingerprint density at radius 2 is 1.78 bits per heavy atom. The highest BCUT2D eigenvalue weighted by atomic mass is 32.1. The van der Waals surface area contributed by atoms with E-state index in [-0.39, 0.29) is 5.54 Å². The summed E-state index contributed by atoms with van der Waals surface area (Å²) in [5.41, 5.74) is 2.66. The lowest BCUT2D eigenvalue weighted by Gasteiger charge is -2.38. The Kier molecular flexibility index (Phi) is 4.52. The molecule has 0 atom stereocenters. The van der Waals surface area contributed by atoms with Gasteiger partial charge in [-0.05, 0) is 37.4 Å². The number of rotatable bonds is 4. The van der Waals surface area contributed by atoms with E-state index >= 15 is 0 Å². The van der Waals surface area contributed by atoms with Crippen LogP contribution in [0.5, 0.6) is 0 Å². The van der Waals surface area contributed by atoms with Gasteiger partial charge in [0.1, 0.15) is 0 Å². The number of aryl methyl sites for hydroxylation is 1. The summed E-state index contributed by atoms with van der Waals surface area (Å²) in [4.78, 5) is 1.10. The van der Waals surface area contributed by atoms with Crippen molar-refractivity contribution in [3.05, 3.63) is 35.4 Å². The van der Waals surface area contributed by atoms with Crippen LogP contribution in [-0.4, -0.2) is 17.5 Å². The van der Waals surface area contributed by atoms with Gasteiger partial charge in [0.15, 0.2) is 0 Å². The first kappa shape index (κ1) is 13.7. The Hall–Kier alpha value is -0.730. The minimum atomic E-state index is 0.0569. The highest BCUT2D eigenvalue weighted by Crippen LogP contribution is 2.31. The van der Waals surface area contributed by atoms with Crippen molar-refractivity contribution >= 4 is 17.1 Å². The van der Waals surface area contributed by atoms with E-state index in [0.717, 1.165) is 11.3 Å². The first-order chi connectivity index (χ1) is 8.72. The molecule has 0 radical (unpaired) electrons. The molecule has 0 bridgehead atoms. The van der Waals surface area contributed by atoms with Crippen molar-refractivity contribution in [1.29, 1.82) is 0 Å². The van der Waals surface area contributed by atoms with Crippen LogP contribution in [0.4, 0.5) is 0 Å². The molecule has 1 N–H and O–H groups in total. The number of thiocarbonyl (C=S) groups is 1. The minimum absolute atomic E-state index is 0.0569. The van der Waals surface area contributed by atoms with Crippen LogP contribution in [-0.2, 0) is 6.42 Å². The van der Waals surface area contributed by atoms with E-state index in [9.17, 15) is 0 Å². The van der Waals surface area contributed by atoms with E-state index in [1.165, 1.54) is 43.2 Å². The Bertz CT molecular complexity index is 402. The van der Waals surface area contributed by atoms with Crippen molar-refractivity contribution in [3.63, 3.8) is 0 Å². The maximum absolute atomic E-state index is 5.77. The van der Waals surface area contributed by atoms with Gasteiger partial charge >= 0.3 is 0 Å². The molecule has 1 aromatic rings. The summed E-state index contributed by atoms with van der Waals surface area (Å²) in [6, 6.07) is 8.78. The topological polar surface area (TPSA) is 12.0 Å². The Morgan fingerprint density at radius 1 is 1.17 bits per heavy atom. The van der Waals surface area contributed by atoms with E-state index in [4.69, 9.17) is 12.2 Å². The summed E-state index contributed by atoms with van der Waals surface area (Å²) in [5.74, 6) is 0. The largest absolute Gasteiger partial charge is 0.310 e. The molecule has 0 aromatic heterocycles. The van der Waals surface area contributed by atoms with E-state index < -0.39 is 0 Å². The third-order valence-corrected chi connectivity index (χ3v) is 4.87. The molecule has 2 heteroatoms. The van der Waals surface area contributed by atoms with Gasteiger partial charge in [-0.15, -0.1) is 0 Å². The summed E-state index contributed by atoms with van der Waals surface area (Å²) in [6.45, 7) is 2.18. The van der Waals surface area contributed by atoms with Gasteiger partial charge in [-0.3, -0.25) is 0 Å². The zero-order chi connectivity index (χ0) is 13.0. The smallest absolute Gasteiger partial charge is 0.0540 e. The SMILES string of the molecule is CCc1ccc(C(=S)C2(NC)CCCCC2)cc1. The van der Waals surface area contributed by atoms with Crippen LogP contribution in [0.3, 0.4) is 0 Å². The molecular formula is C16H23NS. The fourth-order valence-corrected chi connectivity index (χ4v) is 3.36. The van der Waals surface area contributed by atoms with Crippen molar-refractivity contribution in [2.75, 3.05) is 7.05 Å². The average molecular weight is 261 g/mol. The van der Waals surface area contributed by atoms with E-state index in [2.05, 4.69) is 43.6 Å². The number of benzene rings is 1. The van der Waals surface area contributed by atoms with E-state index in [0.29, 0.717) is 0 Å². The molecule has 1 nitrogen and oxygen atoms in total. The van der Waals surface area contributed by atoms with Crippen LogP contribution < -0.4 is 5.32 Å². The highest BCUT2D eigenvalue weighted by Gasteiger charge is 2.34. The maximum Gasteiger partial charge on any atom is 0.0540 e. The summed E-state index contributed by atoms with van der Waals surface area (Å²) in [6.07, 6.45) is 7.36. The van der Waals surface area contributed by atoms with Crippen molar-refractivity contribution < 1.29 is 0 Å². The Morgan fingerprint density at radius 3 is 2.28 bits per heavy atom. The zero-order valence-corrected chi connectivity index (χ0v) is 12.3. The lowest BCUT2D eigenvalue weighted by atomic mass is 9.77. The van der Waals surface area contributed by atoms with Gasteiger partial charge in [0.25, 0.3) is 0 Å². The quantitative estimate of drug-likeness (QED) is 0.652. The first-order valence-corrected chi connectivity index (χ1v) is 7.45. The fraction of sp³-hybridized carbons (Fsp3) is 0.562. The third kappa shape index (κ3) is 2.65. The zero-order valence-electron chi connectivity index (χ0n) is 11.5. The molecule has 0 amide bonds. The predicted molar refractivity (Wildman–Crippen MR) is 82.4 cm³/mol. The predicted octanol–water partition coefficient (Wildman–Crippen LogP) is 3.89. The summed E-state index contributed by atoms with van der Waals surface area (Å²) in [7, 11) is 2.05. The lowest BCUT2D eigenvalue weighted by Crippen LogP contribution is -2.51. The van der Waals surface area contributed by atoms with Crippen LogP contribution in [0.1, 0.15) is 50.2 Å². The van der Waals surface area contributed by atoms with E-state index in [1.54, 1.807) is 0 Å². The van der Waals surface area contributed by atoms with Crippen molar-refractivity contribution in [2.45, 2.75) is 51.0 Å². The summed E-state index contributed by atoms with van der Waals surface area (Å²) >= 11 is 5.77. The highest BCUT2D eigenvalue weighted by molar-refractivity contribution is 7.81. The molecule has 1 saturated carbocycles. The molecule has 1 aliphatic rings. The number of hydrogen-bond donors (Lipinski definition) is 1. The van der Waals surface area contributed by atoms with Gasteiger partial charge in [0.05, 0.1) is 5.54 Å². The van der Waals surface area contributed by atoms with Crippen LogP contribution in [0.25, 0.3) is 0 Å². The molecule has 0 spiro atoms. The molecule has 2 rings (SSSR count). The molecule has 1 fully saturated rings. The molecule has 1 aliphatic carbocycles. The molecule has 0 heterocycles. The summed E-state index contributed by atoms with van der Waals surface area (Å²) in [5, 5.41) is 3.50. The van der Waals surface area contributed by atoms with Crippen LogP contribution >= 0.6 is 12.2 Å². The van der Waals surface area contributed by atoms with Gasteiger partial charge in [0, 0.05) is 4.86 Å². The number of likely N-dealkylation sites (N-methyl/N-ethyl adjacent to an activating group) is 1. The standard InChI is InChI=1S/C16H23NS/c1-3-13-7-9-14(10-8-13)15(18)16(17-2)11-5-4-6-12-16/h7-10,17H,3-6,11-12H2,1-2H3. The third-order valence-electron chi connectivity index (χ3n) is 4.24. The second-order valence-electron chi connectivity index (χ2n) is 5.27.